The summed E-state index contributed by atoms with van der Waals surface area (Å²) in [5.41, 5.74) is 6.32. The smallest absolute Gasteiger partial charge is 0.297 e. The van der Waals surface area contributed by atoms with Crippen LogP contribution >= 0.6 is 42.2 Å². The second-order valence-corrected chi connectivity index (χ2v) is 8.26. The molecule has 0 saturated carbocycles. The van der Waals surface area contributed by atoms with E-state index in [1.54, 1.807) is 19.9 Å². The fourth-order valence-corrected chi connectivity index (χ4v) is 4.95. The minimum absolute atomic E-state index is 0.0377. The van der Waals surface area contributed by atoms with Crippen LogP contribution in [0.15, 0.2) is 6.07 Å². The molecule has 0 aliphatic rings. The molecule has 0 saturated heterocycles. The molecule has 0 bridgehead atoms. The van der Waals surface area contributed by atoms with Crippen molar-refractivity contribution < 1.29 is 14.0 Å². The average Bonchev–Trinajstić information content (AvgIpc) is 2.80. The first-order valence-electron chi connectivity index (χ1n) is 6.42. The molecule has 2 N–H and O–H groups in total. The number of rotatable bonds is 9. The highest BCUT2D eigenvalue weighted by atomic mass is 35.5. The summed E-state index contributed by atoms with van der Waals surface area (Å²) in [6.45, 7) is 3.84. The zero-order valence-electron chi connectivity index (χ0n) is 12.2. The van der Waals surface area contributed by atoms with E-state index in [-0.39, 0.29) is 29.9 Å². The van der Waals surface area contributed by atoms with Gasteiger partial charge in [0.1, 0.15) is 0 Å². The van der Waals surface area contributed by atoms with E-state index in [0.29, 0.717) is 10.4 Å². The van der Waals surface area contributed by atoms with Gasteiger partial charge in [-0.2, -0.15) is 0 Å². The maximum Gasteiger partial charge on any atom is 0.341 e. The Balaban J connectivity index is 2.89. The first-order valence-corrected chi connectivity index (χ1v) is 9.95. The van der Waals surface area contributed by atoms with Crippen LogP contribution in [0.4, 0.5) is 5.00 Å². The number of hydrogen-bond acceptors (Lipinski definition) is 5. The van der Waals surface area contributed by atoms with Gasteiger partial charge in [-0.1, -0.05) is 11.3 Å². The summed E-state index contributed by atoms with van der Waals surface area (Å²) in [5, 5.41) is 10.9. The number of nitro groups is 1. The lowest BCUT2D eigenvalue weighted by Gasteiger charge is -2.28. The first-order chi connectivity index (χ1) is 10.2. The highest BCUT2D eigenvalue weighted by molar-refractivity contribution is 7.53. The molecular formula is C11H18Cl2N3O4PS. The number of hydrogen-bond donors (Lipinski definition) is 1. The number of nitrogens with two attached hydrogens (primary N) is 1. The van der Waals surface area contributed by atoms with Crippen LogP contribution < -0.4 is 5.50 Å². The Hall–Kier alpha value is -0.210. The summed E-state index contributed by atoms with van der Waals surface area (Å²) in [6, 6.07) is 1.64. The molecular weight excluding hydrogens is 372 g/mol. The van der Waals surface area contributed by atoms with Crippen LogP contribution in [-0.4, -0.2) is 34.4 Å². The van der Waals surface area contributed by atoms with Gasteiger partial charge in [-0.05, 0) is 19.9 Å². The molecule has 2 unspecified atom stereocenters. The monoisotopic (exact) mass is 389 g/mol. The first kappa shape index (κ1) is 19.8. The fourth-order valence-electron chi connectivity index (χ4n) is 1.81. The Morgan fingerprint density at radius 3 is 2.45 bits per heavy atom. The largest absolute Gasteiger partial charge is 0.341 e. The van der Waals surface area contributed by atoms with E-state index in [1.165, 1.54) is 4.67 Å². The van der Waals surface area contributed by atoms with Crippen LogP contribution in [-0.2, 0) is 9.09 Å². The van der Waals surface area contributed by atoms with Gasteiger partial charge in [-0.25, -0.2) is 10.2 Å². The second-order valence-electron chi connectivity index (χ2n) is 4.54. The van der Waals surface area contributed by atoms with E-state index in [0.717, 1.165) is 11.3 Å². The number of alkyl halides is 2. The summed E-state index contributed by atoms with van der Waals surface area (Å²) >= 11 is 12.3. The van der Waals surface area contributed by atoms with E-state index in [2.05, 4.69) is 0 Å². The molecule has 0 spiro atoms. The van der Waals surface area contributed by atoms with E-state index in [9.17, 15) is 14.7 Å². The topological polar surface area (TPSA) is 98.7 Å². The zero-order valence-corrected chi connectivity index (χ0v) is 15.4. The Bertz CT molecular complexity index is 566. The highest BCUT2D eigenvalue weighted by Gasteiger charge is 2.30. The van der Waals surface area contributed by atoms with Gasteiger partial charge in [0, 0.05) is 35.3 Å². The molecule has 0 fully saturated rings. The van der Waals surface area contributed by atoms with Gasteiger partial charge >= 0.3 is 12.7 Å². The van der Waals surface area contributed by atoms with Gasteiger partial charge < -0.3 is 0 Å². The molecule has 2 atom stereocenters. The van der Waals surface area contributed by atoms with Crippen LogP contribution in [0, 0.1) is 17.0 Å². The maximum atomic E-state index is 12.5. The van der Waals surface area contributed by atoms with E-state index in [1.807, 2.05) is 0 Å². The lowest BCUT2D eigenvalue weighted by atomic mass is 10.3. The predicted octanol–water partition coefficient (Wildman–Crippen LogP) is 3.89. The fraction of sp³-hybridized carbons (Fsp3) is 0.636. The number of aryl methyl sites for hydroxylation is 1. The van der Waals surface area contributed by atoms with E-state index >= 15 is 0 Å². The molecule has 7 nitrogen and oxygen atoms in total. The third-order valence-electron chi connectivity index (χ3n) is 2.87. The molecule has 1 aromatic heterocycles. The van der Waals surface area contributed by atoms with Gasteiger partial charge in [0.15, 0.2) is 0 Å². The van der Waals surface area contributed by atoms with Gasteiger partial charge in [0.25, 0.3) is 0 Å². The van der Waals surface area contributed by atoms with Crippen molar-refractivity contribution in [3.63, 3.8) is 0 Å². The van der Waals surface area contributed by atoms with Crippen molar-refractivity contribution in [2.24, 2.45) is 5.50 Å². The predicted molar refractivity (Wildman–Crippen MR) is 90.0 cm³/mol. The average molecular weight is 390 g/mol. The van der Waals surface area contributed by atoms with Crippen molar-refractivity contribution in [2.45, 2.75) is 20.0 Å². The summed E-state index contributed by atoms with van der Waals surface area (Å²) < 4.78 is 19.4. The Kier molecular flexibility index (Phi) is 7.74. The van der Waals surface area contributed by atoms with Gasteiger partial charge in [0.2, 0.25) is 0 Å². The van der Waals surface area contributed by atoms with Crippen LogP contribution in [0.1, 0.15) is 23.5 Å². The summed E-state index contributed by atoms with van der Waals surface area (Å²) in [7, 11) is -3.59. The lowest BCUT2D eigenvalue weighted by Crippen LogP contribution is -2.30. The molecule has 22 heavy (non-hydrogen) atoms. The molecule has 11 heteroatoms. The van der Waals surface area contributed by atoms with Crippen LogP contribution in [0.3, 0.4) is 0 Å². The standard InChI is InChI=1S/C11H18Cl2N3O4PS/c1-8-7-10(22-11(8)16(17)18)9(2)20-21(14,19)15(5-3-12)6-4-13/h7,9H,3-6H2,1-2H3,(H2,14,19). The third-order valence-corrected chi connectivity index (χ3v) is 6.36. The molecule has 1 rings (SSSR count). The molecule has 1 aromatic rings. The Morgan fingerprint density at radius 2 is 2.05 bits per heavy atom. The van der Waals surface area contributed by atoms with Crippen molar-refractivity contribution >= 4 is 47.2 Å². The van der Waals surface area contributed by atoms with Crippen molar-refractivity contribution in [3.05, 3.63) is 26.6 Å². The molecule has 1 heterocycles. The van der Waals surface area contributed by atoms with E-state index in [4.69, 9.17) is 33.2 Å². The van der Waals surface area contributed by atoms with Crippen LogP contribution in [0.2, 0.25) is 0 Å². The Morgan fingerprint density at radius 1 is 1.50 bits per heavy atom. The highest BCUT2D eigenvalue weighted by Crippen LogP contribution is 2.48. The SMILES string of the molecule is Cc1cc(C(C)OP(N)(=O)N(CCCl)CCCl)sc1[N+](=O)[O-]. The quantitative estimate of drug-likeness (QED) is 0.297. The summed E-state index contributed by atoms with van der Waals surface area (Å²) in [5.74, 6) is 0.471. The summed E-state index contributed by atoms with van der Waals surface area (Å²) in [4.78, 5) is 11.0. The maximum absolute atomic E-state index is 12.5. The van der Waals surface area contributed by atoms with Gasteiger partial charge in [0.05, 0.1) is 11.0 Å². The van der Waals surface area contributed by atoms with Crippen molar-refractivity contribution in [1.82, 2.24) is 4.67 Å². The van der Waals surface area contributed by atoms with Crippen LogP contribution in [0.25, 0.3) is 0 Å². The van der Waals surface area contributed by atoms with Gasteiger partial charge in [-0.3, -0.25) is 19.2 Å². The lowest BCUT2D eigenvalue weighted by molar-refractivity contribution is -0.380. The number of halogens is 2. The normalized spacial score (nSPS) is 15.7. The van der Waals surface area contributed by atoms with Gasteiger partial charge in [-0.15, -0.1) is 23.2 Å². The molecule has 0 aliphatic carbocycles. The molecule has 126 valence electrons. The van der Waals surface area contributed by atoms with Crippen LogP contribution in [0.5, 0.6) is 0 Å². The molecule has 0 radical (unpaired) electrons. The van der Waals surface area contributed by atoms with Crippen molar-refractivity contribution in [2.75, 3.05) is 24.8 Å². The molecule has 0 aliphatic heterocycles. The Labute approximate surface area is 143 Å². The summed E-state index contributed by atoms with van der Waals surface area (Å²) in [6.07, 6.45) is -0.638. The second kappa shape index (κ2) is 8.59. The number of nitrogens with zero attached hydrogens (tertiary/aromatic N) is 2. The molecule has 0 amide bonds. The number of thiophene rings is 1. The zero-order chi connectivity index (χ0) is 16.9. The molecule has 0 aromatic carbocycles. The third kappa shape index (κ3) is 5.16. The minimum atomic E-state index is -3.59. The van der Waals surface area contributed by atoms with E-state index < -0.39 is 18.7 Å². The van der Waals surface area contributed by atoms with Crippen molar-refractivity contribution in [1.29, 1.82) is 0 Å². The van der Waals surface area contributed by atoms with Crippen molar-refractivity contribution in [3.8, 4) is 0 Å². The minimum Gasteiger partial charge on any atom is -0.297 e.